The lowest BCUT2D eigenvalue weighted by atomic mass is 10.2. The lowest BCUT2D eigenvalue weighted by Gasteiger charge is -2.20. The fourth-order valence-electron chi connectivity index (χ4n) is 1.56. The predicted octanol–water partition coefficient (Wildman–Crippen LogP) is 1.43. The summed E-state index contributed by atoms with van der Waals surface area (Å²) in [6, 6.07) is 1.45. The Kier molecular flexibility index (Phi) is 4.47. The molecule has 0 aromatic carbocycles. The predicted molar refractivity (Wildman–Crippen MR) is 67.0 cm³/mol. The van der Waals surface area contributed by atoms with Gasteiger partial charge in [-0.25, -0.2) is 4.79 Å². The number of hydrogen-bond acceptors (Lipinski definition) is 5. The lowest BCUT2D eigenvalue weighted by Crippen LogP contribution is -2.27. The van der Waals surface area contributed by atoms with E-state index in [2.05, 4.69) is 4.74 Å². The summed E-state index contributed by atoms with van der Waals surface area (Å²) in [5.74, 6) is -1.17. The first-order valence-corrected chi connectivity index (χ1v) is 5.73. The third-order valence-corrected chi connectivity index (χ3v) is 2.22. The summed E-state index contributed by atoms with van der Waals surface area (Å²) in [5.41, 5.74) is -0.387. The van der Waals surface area contributed by atoms with Crippen LogP contribution in [0.15, 0.2) is 12.3 Å². The molecule has 0 aliphatic heterocycles. The van der Waals surface area contributed by atoms with Gasteiger partial charge in [0.15, 0.2) is 6.29 Å². The van der Waals surface area contributed by atoms with Crippen molar-refractivity contribution in [1.82, 2.24) is 4.57 Å². The smallest absolute Gasteiger partial charge is 0.355 e. The second-order valence-electron chi connectivity index (χ2n) is 4.94. The van der Waals surface area contributed by atoms with Crippen LogP contribution in [-0.2, 0) is 20.8 Å². The topological polar surface area (TPSA) is 74.6 Å². The molecule has 1 rings (SSSR count). The Labute approximate surface area is 111 Å². The van der Waals surface area contributed by atoms with Crippen LogP contribution in [0.25, 0.3) is 0 Å². The van der Waals surface area contributed by atoms with E-state index in [1.54, 1.807) is 20.8 Å². The standard InChI is InChI=1S/C13H17NO5/c1-13(2,3)19-10(16)7-14-6-5-9(8-15)11(14)12(17)18-4/h5-6,8H,7H2,1-4H3. The molecule has 6 nitrogen and oxygen atoms in total. The molecule has 0 spiro atoms. The third-order valence-electron chi connectivity index (χ3n) is 2.22. The van der Waals surface area contributed by atoms with Gasteiger partial charge < -0.3 is 14.0 Å². The Hall–Kier alpha value is -2.11. The first-order valence-electron chi connectivity index (χ1n) is 5.73. The summed E-state index contributed by atoms with van der Waals surface area (Å²) in [7, 11) is 1.21. The molecule has 0 N–H and O–H groups in total. The molecule has 0 radical (unpaired) electrons. The number of carbonyl (C=O) groups excluding carboxylic acids is 3. The van der Waals surface area contributed by atoms with E-state index in [-0.39, 0.29) is 17.8 Å². The van der Waals surface area contributed by atoms with Gasteiger partial charge >= 0.3 is 11.9 Å². The zero-order valence-electron chi connectivity index (χ0n) is 11.4. The lowest BCUT2D eigenvalue weighted by molar-refractivity contribution is -0.155. The highest BCUT2D eigenvalue weighted by Crippen LogP contribution is 2.13. The monoisotopic (exact) mass is 267 g/mol. The van der Waals surface area contributed by atoms with Crippen LogP contribution in [0.4, 0.5) is 0 Å². The van der Waals surface area contributed by atoms with Crippen molar-refractivity contribution >= 4 is 18.2 Å². The first kappa shape index (κ1) is 14.9. The maximum atomic E-state index is 11.7. The fourth-order valence-corrected chi connectivity index (χ4v) is 1.56. The number of methoxy groups -OCH3 is 1. The Morgan fingerprint density at radius 2 is 2.00 bits per heavy atom. The number of esters is 2. The molecule has 6 heteroatoms. The van der Waals surface area contributed by atoms with Crippen molar-refractivity contribution in [3.05, 3.63) is 23.5 Å². The molecular weight excluding hydrogens is 250 g/mol. The van der Waals surface area contributed by atoms with Crippen LogP contribution in [-0.4, -0.2) is 35.5 Å². The van der Waals surface area contributed by atoms with E-state index in [4.69, 9.17) is 4.74 Å². The van der Waals surface area contributed by atoms with Crippen molar-refractivity contribution < 1.29 is 23.9 Å². The van der Waals surface area contributed by atoms with Gasteiger partial charge in [0.1, 0.15) is 17.8 Å². The number of nitrogens with zero attached hydrogens (tertiary/aromatic N) is 1. The van der Waals surface area contributed by atoms with E-state index >= 15 is 0 Å². The van der Waals surface area contributed by atoms with Crippen molar-refractivity contribution in [2.45, 2.75) is 32.9 Å². The molecule has 0 aliphatic carbocycles. The minimum absolute atomic E-state index is 0.0448. The van der Waals surface area contributed by atoms with Gasteiger partial charge in [0.05, 0.1) is 7.11 Å². The van der Waals surface area contributed by atoms with Gasteiger partial charge in [0.25, 0.3) is 0 Å². The molecule has 104 valence electrons. The van der Waals surface area contributed by atoms with Gasteiger partial charge in [-0.15, -0.1) is 0 Å². The zero-order valence-corrected chi connectivity index (χ0v) is 11.4. The van der Waals surface area contributed by atoms with Crippen LogP contribution in [0.2, 0.25) is 0 Å². The summed E-state index contributed by atoms with van der Waals surface area (Å²) in [6.45, 7) is 5.09. The van der Waals surface area contributed by atoms with E-state index in [0.29, 0.717) is 6.29 Å². The molecule has 0 saturated carbocycles. The highest BCUT2D eigenvalue weighted by atomic mass is 16.6. The van der Waals surface area contributed by atoms with Crippen LogP contribution in [0.1, 0.15) is 41.6 Å². The van der Waals surface area contributed by atoms with Crippen LogP contribution >= 0.6 is 0 Å². The highest BCUT2D eigenvalue weighted by molar-refractivity contribution is 5.97. The number of hydrogen-bond donors (Lipinski definition) is 0. The molecule has 0 unspecified atom stereocenters. The van der Waals surface area contributed by atoms with Crippen LogP contribution in [0.3, 0.4) is 0 Å². The summed E-state index contributed by atoms with van der Waals surface area (Å²) in [5, 5.41) is 0. The summed E-state index contributed by atoms with van der Waals surface area (Å²) in [6.07, 6.45) is 2.01. The van der Waals surface area contributed by atoms with Crippen LogP contribution in [0, 0.1) is 0 Å². The number of rotatable bonds is 4. The van der Waals surface area contributed by atoms with E-state index < -0.39 is 17.5 Å². The van der Waals surface area contributed by atoms with Gasteiger partial charge in [-0.3, -0.25) is 9.59 Å². The molecule has 1 aromatic rings. The SMILES string of the molecule is COC(=O)c1c(C=O)ccn1CC(=O)OC(C)(C)C. The van der Waals surface area contributed by atoms with E-state index in [9.17, 15) is 14.4 Å². The largest absolute Gasteiger partial charge is 0.464 e. The van der Waals surface area contributed by atoms with E-state index in [1.165, 1.54) is 23.9 Å². The molecule has 0 atom stereocenters. The maximum absolute atomic E-state index is 11.7. The van der Waals surface area contributed by atoms with Gasteiger partial charge in [0.2, 0.25) is 0 Å². The number of aldehydes is 1. The number of carbonyl (C=O) groups is 3. The third kappa shape index (κ3) is 3.94. The average Bonchev–Trinajstić information content (AvgIpc) is 2.68. The molecule has 0 bridgehead atoms. The Bertz CT molecular complexity index is 496. The van der Waals surface area contributed by atoms with Crippen molar-refractivity contribution in [3.63, 3.8) is 0 Å². The second-order valence-corrected chi connectivity index (χ2v) is 4.94. The van der Waals surface area contributed by atoms with Gasteiger partial charge in [-0.1, -0.05) is 0 Å². The van der Waals surface area contributed by atoms with Gasteiger partial charge in [0, 0.05) is 11.8 Å². The van der Waals surface area contributed by atoms with Crippen molar-refractivity contribution in [2.24, 2.45) is 0 Å². The highest BCUT2D eigenvalue weighted by Gasteiger charge is 2.21. The molecule has 1 heterocycles. The Morgan fingerprint density at radius 1 is 1.37 bits per heavy atom. The van der Waals surface area contributed by atoms with Gasteiger partial charge in [-0.05, 0) is 26.8 Å². The minimum Gasteiger partial charge on any atom is -0.464 e. The molecule has 0 fully saturated rings. The normalized spacial score (nSPS) is 10.9. The molecule has 0 saturated heterocycles. The quantitative estimate of drug-likeness (QED) is 0.609. The average molecular weight is 267 g/mol. The Balaban J connectivity index is 2.96. The molecule has 19 heavy (non-hydrogen) atoms. The second kappa shape index (κ2) is 5.69. The zero-order chi connectivity index (χ0) is 14.6. The Morgan fingerprint density at radius 3 is 2.47 bits per heavy atom. The van der Waals surface area contributed by atoms with Crippen molar-refractivity contribution in [3.8, 4) is 0 Å². The van der Waals surface area contributed by atoms with Crippen molar-refractivity contribution in [2.75, 3.05) is 7.11 Å². The van der Waals surface area contributed by atoms with Crippen molar-refractivity contribution in [1.29, 1.82) is 0 Å². The first-order chi connectivity index (χ1) is 8.78. The van der Waals surface area contributed by atoms with Crippen LogP contribution in [0.5, 0.6) is 0 Å². The maximum Gasteiger partial charge on any atom is 0.355 e. The summed E-state index contributed by atoms with van der Waals surface area (Å²) >= 11 is 0. The number of ether oxygens (including phenoxy) is 2. The minimum atomic E-state index is -0.671. The van der Waals surface area contributed by atoms with Crippen LogP contribution < -0.4 is 0 Å². The summed E-state index contributed by atoms with van der Waals surface area (Å²) < 4.78 is 11.1. The summed E-state index contributed by atoms with van der Waals surface area (Å²) in [4.78, 5) is 34.1. The molecule has 0 amide bonds. The molecule has 1 aromatic heterocycles. The van der Waals surface area contributed by atoms with E-state index in [1.807, 2.05) is 0 Å². The number of aromatic nitrogens is 1. The van der Waals surface area contributed by atoms with Gasteiger partial charge in [-0.2, -0.15) is 0 Å². The fraction of sp³-hybridized carbons (Fsp3) is 0.462. The molecular formula is C13H17NO5. The van der Waals surface area contributed by atoms with E-state index in [0.717, 1.165) is 0 Å². The molecule has 0 aliphatic rings.